The predicted molar refractivity (Wildman–Crippen MR) is 89.4 cm³/mol. The minimum atomic E-state index is -0.0982. The Balaban J connectivity index is 1.47. The number of carbonyl (C=O) groups is 1. The number of aryl methyl sites for hydroxylation is 1. The Bertz CT molecular complexity index is 725. The van der Waals surface area contributed by atoms with Crippen LogP contribution < -0.4 is 10.1 Å². The highest BCUT2D eigenvalue weighted by atomic mass is 16.5. The third-order valence-corrected chi connectivity index (χ3v) is 4.94. The van der Waals surface area contributed by atoms with Gasteiger partial charge in [-0.25, -0.2) is 0 Å². The van der Waals surface area contributed by atoms with Crippen LogP contribution in [0.2, 0.25) is 0 Å². The van der Waals surface area contributed by atoms with E-state index in [0.29, 0.717) is 6.61 Å². The Kier molecular flexibility index (Phi) is 3.78. The lowest BCUT2D eigenvalue weighted by molar-refractivity contribution is -0.127. The van der Waals surface area contributed by atoms with Gasteiger partial charge >= 0.3 is 0 Å². The number of fused-ring (bicyclic) bond motifs is 2. The van der Waals surface area contributed by atoms with E-state index >= 15 is 0 Å². The smallest absolute Gasteiger partial charge is 0.227 e. The van der Waals surface area contributed by atoms with Gasteiger partial charge in [-0.05, 0) is 48.4 Å². The average molecular weight is 307 g/mol. The third kappa shape index (κ3) is 2.83. The van der Waals surface area contributed by atoms with E-state index in [1.54, 1.807) is 0 Å². The summed E-state index contributed by atoms with van der Waals surface area (Å²) in [6.07, 6.45) is 4.03. The maximum Gasteiger partial charge on any atom is 0.227 e. The lowest BCUT2D eigenvalue weighted by atomic mass is 9.87. The molecule has 1 N–H and O–H groups in total. The molecule has 0 bridgehead atoms. The Morgan fingerprint density at radius 1 is 1.04 bits per heavy atom. The number of nitrogens with one attached hydrogen (secondary N) is 1. The minimum absolute atomic E-state index is 0.0982. The quantitative estimate of drug-likeness (QED) is 0.923. The molecule has 3 heteroatoms. The molecule has 0 spiro atoms. The van der Waals surface area contributed by atoms with Crippen molar-refractivity contribution in [3.8, 4) is 5.75 Å². The van der Waals surface area contributed by atoms with Crippen molar-refractivity contribution in [2.24, 2.45) is 5.92 Å². The first kappa shape index (κ1) is 14.3. The second-order valence-corrected chi connectivity index (χ2v) is 6.47. The van der Waals surface area contributed by atoms with E-state index in [1.807, 2.05) is 24.3 Å². The molecule has 0 saturated carbocycles. The summed E-state index contributed by atoms with van der Waals surface area (Å²) in [4.78, 5) is 12.7. The summed E-state index contributed by atoms with van der Waals surface area (Å²) < 4.78 is 5.76. The SMILES string of the molecule is O=C(N[C@@H]1CCCc2ccccc21)[C@@H]1COc2ccccc2C1. The van der Waals surface area contributed by atoms with Crippen LogP contribution >= 0.6 is 0 Å². The van der Waals surface area contributed by atoms with Crippen LogP contribution in [-0.2, 0) is 17.6 Å². The molecular formula is C20H21NO2. The zero-order valence-corrected chi connectivity index (χ0v) is 13.1. The number of ether oxygens (including phenoxy) is 1. The highest BCUT2D eigenvalue weighted by molar-refractivity contribution is 5.80. The summed E-state index contributed by atoms with van der Waals surface area (Å²) in [5.74, 6) is 0.930. The lowest BCUT2D eigenvalue weighted by Gasteiger charge is -2.30. The Hall–Kier alpha value is -2.29. The number of hydrogen-bond donors (Lipinski definition) is 1. The van der Waals surface area contributed by atoms with Gasteiger partial charge in [0.15, 0.2) is 0 Å². The number of carbonyl (C=O) groups excluding carboxylic acids is 1. The van der Waals surface area contributed by atoms with Crippen molar-refractivity contribution >= 4 is 5.91 Å². The van der Waals surface area contributed by atoms with Gasteiger partial charge in [-0.3, -0.25) is 4.79 Å². The van der Waals surface area contributed by atoms with Crippen molar-refractivity contribution in [3.63, 3.8) is 0 Å². The van der Waals surface area contributed by atoms with E-state index in [1.165, 1.54) is 11.1 Å². The first-order chi connectivity index (χ1) is 11.3. The Morgan fingerprint density at radius 2 is 1.83 bits per heavy atom. The molecule has 2 aromatic rings. The molecule has 4 rings (SSSR count). The molecule has 2 aliphatic rings. The second-order valence-electron chi connectivity index (χ2n) is 6.47. The number of para-hydroxylation sites is 1. The Morgan fingerprint density at radius 3 is 2.74 bits per heavy atom. The maximum absolute atomic E-state index is 12.7. The van der Waals surface area contributed by atoms with Crippen molar-refractivity contribution < 1.29 is 9.53 Å². The molecule has 1 amide bonds. The molecule has 1 aliphatic heterocycles. The van der Waals surface area contributed by atoms with Gasteiger partial charge in [-0.1, -0.05) is 42.5 Å². The molecule has 23 heavy (non-hydrogen) atoms. The average Bonchev–Trinajstić information content (AvgIpc) is 2.61. The van der Waals surface area contributed by atoms with Crippen molar-refractivity contribution in [1.29, 1.82) is 0 Å². The molecule has 0 saturated heterocycles. The van der Waals surface area contributed by atoms with Gasteiger partial charge in [0.2, 0.25) is 5.91 Å². The number of hydrogen-bond acceptors (Lipinski definition) is 2. The molecule has 1 heterocycles. The highest BCUT2D eigenvalue weighted by Crippen LogP contribution is 2.31. The van der Waals surface area contributed by atoms with Gasteiger partial charge in [0.1, 0.15) is 12.4 Å². The maximum atomic E-state index is 12.7. The van der Waals surface area contributed by atoms with Crippen LogP contribution in [0.5, 0.6) is 5.75 Å². The number of benzene rings is 2. The number of rotatable bonds is 2. The molecular weight excluding hydrogens is 286 g/mol. The van der Waals surface area contributed by atoms with Crippen LogP contribution in [0.15, 0.2) is 48.5 Å². The van der Waals surface area contributed by atoms with Gasteiger partial charge in [0.05, 0.1) is 12.0 Å². The molecule has 0 radical (unpaired) electrons. The van der Waals surface area contributed by atoms with E-state index in [4.69, 9.17) is 4.74 Å². The van der Waals surface area contributed by atoms with Gasteiger partial charge in [-0.2, -0.15) is 0 Å². The molecule has 2 atom stereocenters. The zero-order chi connectivity index (χ0) is 15.6. The van der Waals surface area contributed by atoms with Crippen LogP contribution in [0, 0.1) is 5.92 Å². The van der Waals surface area contributed by atoms with Crippen molar-refractivity contribution in [2.75, 3.05) is 6.61 Å². The van der Waals surface area contributed by atoms with Crippen LogP contribution in [0.3, 0.4) is 0 Å². The topological polar surface area (TPSA) is 38.3 Å². The fourth-order valence-corrected chi connectivity index (χ4v) is 3.69. The molecule has 0 aromatic heterocycles. The molecule has 1 aliphatic carbocycles. The summed E-state index contributed by atoms with van der Waals surface area (Å²) in [5, 5.41) is 3.26. The highest BCUT2D eigenvalue weighted by Gasteiger charge is 2.29. The molecule has 3 nitrogen and oxygen atoms in total. The van der Waals surface area contributed by atoms with E-state index in [2.05, 4.69) is 29.6 Å². The van der Waals surface area contributed by atoms with Crippen LogP contribution in [0.4, 0.5) is 0 Å². The fraction of sp³-hybridized carbons (Fsp3) is 0.350. The second kappa shape index (κ2) is 6.07. The predicted octanol–water partition coefficient (Wildman–Crippen LogP) is 3.43. The van der Waals surface area contributed by atoms with Crippen molar-refractivity contribution in [3.05, 3.63) is 65.2 Å². The van der Waals surface area contributed by atoms with E-state index in [0.717, 1.165) is 37.0 Å². The van der Waals surface area contributed by atoms with Gasteiger partial charge in [0, 0.05) is 0 Å². The first-order valence-corrected chi connectivity index (χ1v) is 8.40. The van der Waals surface area contributed by atoms with Crippen LogP contribution in [0.25, 0.3) is 0 Å². The fourth-order valence-electron chi connectivity index (χ4n) is 3.69. The van der Waals surface area contributed by atoms with E-state index in [9.17, 15) is 4.79 Å². The molecule has 0 fully saturated rings. The zero-order valence-electron chi connectivity index (χ0n) is 13.1. The summed E-state index contributed by atoms with van der Waals surface area (Å²) in [7, 11) is 0. The van der Waals surface area contributed by atoms with Crippen molar-refractivity contribution in [1.82, 2.24) is 5.32 Å². The minimum Gasteiger partial charge on any atom is -0.492 e. The van der Waals surface area contributed by atoms with Crippen LogP contribution in [-0.4, -0.2) is 12.5 Å². The Labute approximate surface area is 136 Å². The summed E-state index contributed by atoms with van der Waals surface area (Å²) in [6, 6.07) is 16.6. The van der Waals surface area contributed by atoms with E-state index in [-0.39, 0.29) is 17.9 Å². The summed E-state index contributed by atoms with van der Waals surface area (Å²) in [6.45, 7) is 0.469. The van der Waals surface area contributed by atoms with Crippen molar-refractivity contribution in [2.45, 2.75) is 31.7 Å². The molecule has 118 valence electrons. The number of amides is 1. The standard InChI is InChI=1S/C20H21NO2/c22-20(16-12-15-7-2-4-11-19(15)23-13-16)21-18-10-5-8-14-6-1-3-9-17(14)18/h1-4,6-7,9,11,16,18H,5,8,10,12-13H2,(H,21,22)/t16-,18+/m0/s1. The molecule has 2 aromatic carbocycles. The summed E-state index contributed by atoms with van der Waals surface area (Å²) >= 11 is 0. The first-order valence-electron chi connectivity index (χ1n) is 8.40. The third-order valence-electron chi connectivity index (χ3n) is 4.94. The lowest BCUT2D eigenvalue weighted by Crippen LogP contribution is -2.40. The summed E-state index contributed by atoms with van der Waals surface area (Å²) in [5.41, 5.74) is 3.78. The van der Waals surface area contributed by atoms with Gasteiger partial charge in [0.25, 0.3) is 0 Å². The van der Waals surface area contributed by atoms with Gasteiger partial charge < -0.3 is 10.1 Å². The normalized spacial score (nSPS) is 22.4. The molecule has 0 unspecified atom stereocenters. The van der Waals surface area contributed by atoms with Gasteiger partial charge in [-0.15, -0.1) is 0 Å². The largest absolute Gasteiger partial charge is 0.492 e. The van der Waals surface area contributed by atoms with E-state index < -0.39 is 0 Å². The van der Waals surface area contributed by atoms with Crippen LogP contribution in [0.1, 0.15) is 35.6 Å². The monoisotopic (exact) mass is 307 g/mol.